The van der Waals surface area contributed by atoms with E-state index in [0.29, 0.717) is 15.6 Å². The average molecular weight is 391 g/mol. The minimum absolute atomic E-state index is 0.0627. The fourth-order valence-electron chi connectivity index (χ4n) is 2.31. The van der Waals surface area contributed by atoms with E-state index in [2.05, 4.69) is 5.32 Å². The van der Waals surface area contributed by atoms with Gasteiger partial charge in [0.25, 0.3) is 0 Å². The van der Waals surface area contributed by atoms with Gasteiger partial charge in [0.1, 0.15) is 0 Å². The van der Waals surface area contributed by atoms with Crippen LogP contribution in [0.1, 0.15) is 16.7 Å². The molecular weight excluding hydrogens is 371 g/mol. The molecular formula is C20H20Cl2N2O2. The van der Waals surface area contributed by atoms with Crippen molar-refractivity contribution in [3.8, 4) is 0 Å². The maximum Gasteiger partial charge on any atom is 0.246 e. The number of halogens is 2. The number of anilines is 1. The minimum atomic E-state index is -0.322. The molecule has 0 atom stereocenters. The first-order chi connectivity index (χ1) is 12.3. The van der Waals surface area contributed by atoms with Crippen LogP contribution in [-0.4, -0.2) is 30.3 Å². The Morgan fingerprint density at radius 3 is 2.42 bits per heavy atom. The number of rotatable bonds is 5. The fourth-order valence-corrected chi connectivity index (χ4v) is 2.83. The Hall–Kier alpha value is -2.30. The van der Waals surface area contributed by atoms with Gasteiger partial charge in [0.2, 0.25) is 11.8 Å². The van der Waals surface area contributed by atoms with Crippen molar-refractivity contribution in [2.75, 3.05) is 18.9 Å². The third-order valence-corrected chi connectivity index (χ3v) is 4.48. The van der Waals surface area contributed by atoms with Gasteiger partial charge in [0.15, 0.2) is 0 Å². The Balaban J connectivity index is 1.99. The maximum absolute atomic E-state index is 12.2. The van der Waals surface area contributed by atoms with Crippen molar-refractivity contribution in [2.24, 2.45) is 0 Å². The lowest BCUT2D eigenvalue weighted by atomic mass is 10.1. The molecule has 0 spiro atoms. The van der Waals surface area contributed by atoms with E-state index in [0.717, 1.165) is 16.8 Å². The van der Waals surface area contributed by atoms with E-state index >= 15 is 0 Å². The summed E-state index contributed by atoms with van der Waals surface area (Å²) in [5.74, 6) is -0.587. The Kier molecular flexibility index (Phi) is 6.83. The molecule has 136 valence electrons. The summed E-state index contributed by atoms with van der Waals surface area (Å²) in [6.45, 7) is 3.81. The van der Waals surface area contributed by atoms with Crippen molar-refractivity contribution >= 4 is 46.8 Å². The van der Waals surface area contributed by atoms with Crippen LogP contribution in [0.4, 0.5) is 5.69 Å². The molecule has 0 saturated carbocycles. The molecule has 2 aromatic rings. The van der Waals surface area contributed by atoms with Crippen LogP contribution in [0.5, 0.6) is 0 Å². The number of amides is 2. The highest BCUT2D eigenvalue weighted by molar-refractivity contribution is 6.37. The van der Waals surface area contributed by atoms with Crippen molar-refractivity contribution in [1.29, 1.82) is 0 Å². The standard InChI is InChI=1S/C20H20Cl2N2O2/c1-13-7-8-14(2)18(11-13)23-19(25)12-24(3)20(26)10-9-15-16(21)5-4-6-17(15)22/h4-11H,12H2,1-3H3,(H,23,25)/b10-9+. The minimum Gasteiger partial charge on any atom is -0.333 e. The molecule has 1 N–H and O–H groups in total. The zero-order chi connectivity index (χ0) is 19.3. The molecule has 0 saturated heterocycles. The fraction of sp³-hybridized carbons (Fsp3) is 0.200. The van der Waals surface area contributed by atoms with E-state index < -0.39 is 0 Å². The molecule has 0 aliphatic carbocycles. The monoisotopic (exact) mass is 390 g/mol. The number of hydrogen-bond acceptors (Lipinski definition) is 2. The first-order valence-electron chi connectivity index (χ1n) is 8.02. The summed E-state index contributed by atoms with van der Waals surface area (Å²) >= 11 is 12.1. The predicted octanol–water partition coefficient (Wildman–Crippen LogP) is 4.72. The first-order valence-corrected chi connectivity index (χ1v) is 8.78. The SMILES string of the molecule is Cc1ccc(C)c(NC(=O)CN(C)C(=O)/C=C/c2c(Cl)cccc2Cl)c1. The largest absolute Gasteiger partial charge is 0.333 e. The van der Waals surface area contributed by atoms with Crippen LogP contribution in [0, 0.1) is 13.8 Å². The van der Waals surface area contributed by atoms with Crippen molar-refractivity contribution in [3.05, 3.63) is 69.2 Å². The Labute approximate surface area is 163 Å². The third kappa shape index (κ3) is 5.35. The summed E-state index contributed by atoms with van der Waals surface area (Å²) in [4.78, 5) is 25.7. The lowest BCUT2D eigenvalue weighted by Crippen LogP contribution is -2.34. The molecule has 2 aromatic carbocycles. The molecule has 0 radical (unpaired) electrons. The van der Waals surface area contributed by atoms with Gasteiger partial charge in [0.05, 0.1) is 6.54 Å². The second kappa shape index (κ2) is 8.88. The van der Waals surface area contributed by atoms with Gasteiger partial charge in [-0.25, -0.2) is 0 Å². The molecule has 6 heteroatoms. The first kappa shape index (κ1) is 20.0. The molecule has 2 rings (SSSR count). The predicted molar refractivity (Wildman–Crippen MR) is 108 cm³/mol. The Bertz CT molecular complexity index is 843. The lowest BCUT2D eigenvalue weighted by molar-refractivity contribution is -0.129. The number of benzene rings is 2. The zero-order valence-electron chi connectivity index (χ0n) is 14.8. The summed E-state index contributed by atoms with van der Waals surface area (Å²) < 4.78 is 0. The van der Waals surface area contributed by atoms with Crippen molar-refractivity contribution in [2.45, 2.75) is 13.8 Å². The maximum atomic E-state index is 12.2. The van der Waals surface area contributed by atoms with Gasteiger partial charge in [-0.05, 0) is 49.2 Å². The highest BCUT2D eigenvalue weighted by Gasteiger charge is 2.12. The van der Waals surface area contributed by atoms with Gasteiger partial charge >= 0.3 is 0 Å². The van der Waals surface area contributed by atoms with Gasteiger partial charge in [0, 0.05) is 34.4 Å². The summed E-state index contributed by atoms with van der Waals surface area (Å²) in [6, 6.07) is 10.9. The highest BCUT2D eigenvalue weighted by atomic mass is 35.5. The number of nitrogens with one attached hydrogen (secondary N) is 1. The molecule has 2 amide bonds. The van der Waals surface area contributed by atoms with Crippen molar-refractivity contribution in [3.63, 3.8) is 0 Å². The van der Waals surface area contributed by atoms with Crippen LogP contribution in [-0.2, 0) is 9.59 Å². The van der Waals surface area contributed by atoms with Crippen LogP contribution < -0.4 is 5.32 Å². The molecule has 0 heterocycles. The molecule has 0 fully saturated rings. The van der Waals surface area contributed by atoms with Gasteiger partial charge < -0.3 is 10.2 Å². The number of nitrogens with zero attached hydrogens (tertiary/aromatic N) is 1. The molecule has 0 unspecified atom stereocenters. The third-order valence-electron chi connectivity index (χ3n) is 3.82. The summed E-state index contributed by atoms with van der Waals surface area (Å²) in [7, 11) is 1.56. The summed E-state index contributed by atoms with van der Waals surface area (Å²) in [5.41, 5.74) is 3.33. The van der Waals surface area contributed by atoms with E-state index in [1.54, 1.807) is 31.3 Å². The van der Waals surface area contributed by atoms with Crippen LogP contribution >= 0.6 is 23.2 Å². The summed E-state index contributed by atoms with van der Waals surface area (Å²) in [6.07, 6.45) is 2.89. The van der Waals surface area contributed by atoms with E-state index in [1.165, 1.54) is 11.0 Å². The second-order valence-electron chi connectivity index (χ2n) is 6.03. The van der Waals surface area contributed by atoms with Crippen LogP contribution in [0.3, 0.4) is 0 Å². The average Bonchev–Trinajstić information content (AvgIpc) is 2.57. The molecule has 0 aliphatic heterocycles. The van der Waals surface area contributed by atoms with Crippen molar-refractivity contribution in [1.82, 2.24) is 4.90 Å². The molecule has 4 nitrogen and oxygen atoms in total. The number of carbonyl (C=O) groups excluding carboxylic acids is 2. The van der Waals surface area contributed by atoms with Gasteiger partial charge in [-0.1, -0.05) is 41.4 Å². The topological polar surface area (TPSA) is 49.4 Å². The summed E-state index contributed by atoms with van der Waals surface area (Å²) in [5, 5.41) is 3.74. The molecule has 0 aromatic heterocycles. The van der Waals surface area contributed by atoms with Crippen LogP contribution in [0.2, 0.25) is 10.0 Å². The number of aryl methyl sites for hydroxylation is 2. The number of hydrogen-bond donors (Lipinski definition) is 1. The number of likely N-dealkylation sites (N-methyl/N-ethyl adjacent to an activating group) is 1. The van der Waals surface area contributed by atoms with E-state index in [4.69, 9.17) is 23.2 Å². The Morgan fingerprint density at radius 2 is 1.77 bits per heavy atom. The molecule has 0 bridgehead atoms. The van der Waals surface area contributed by atoms with Crippen LogP contribution in [0.25, 0.3) is 6.08 Å². The van der Waals surface area contributed by atoms with E-state index in [1.807, 2.05) is 32.0 Å². The lowest BCUT2D eigenvalue weighted by Gasteiger charge is -2.16. The smallest absolute Gasteiger partial charge is 0.246 e. The van der Waals surface area contributed by atoms with Gasteiger partial charge in [-0.15, -0.1) is 0 Å². The van der Waals surface area contributed by atoms with E-state index in [-0.39, 0.29) is 18.4 Å². The second-order valence-corrected chi connectivity index (χ2v) is 6.84. The highest BCUT2D eigenvalue weighted by Crippen LogP contribution is 2.25. The van der Waals surface area contributed by atoms with Crippen LogP contribution in [0.15, 0.2) is 42.5 Å². The van der Waals surface area contributed by atoms with E-state index in [9.17, 15) is 9.59 Å². The normalized spacial score (nSPS) is 10.8. The zero-order valence-corrected chi connectivity index (χ0v) is 16.4. The molecule has 0 aliphatic rings. The number of carbonyl (C=O) groups is 2. The van der Waals surface area contributed by atoms with Crippen molar-refractivity contribution < 1.29 is 9.59 Å². The quantitative estimate of drug-likeness (QED) is 0.750. The Morgan fingerprint density at radius 1 is 1.12 bits per heavy atom. The van der Waals surface area contributed by atoms with Gasteiger partial charge in [-0.2, -0.15) is 0 Å². The molecule has 26 heavy (non-hydrogen) atoms. The van der Waals surface area contributed by atoms with Gasteiger partial charge in [-0.3, -0.25) is 9.59 Å².